The number of benzene rings is 2. The van der Waals surface area contributed by atoms with Gasteiger partial charge in [-0.15, -0.1) is 0 Å². The lowest BCUT2D eigenvalue weighted by Crippen LogP contribution is -2.51. The number of alkyl carbamates (subject to hydrolysis) is 1. The molecule has 4 atom stereocenters. The molecule has 1 fully saturated rings. The van der Waals surface area contributed by atoms with Gasteiger partial charge in [-0.3, -0.25) is 4.90 Å². The molecule has 1 N–H and O–H groups in total. The molecule has 0 radical (unpaired) electrons. The summed E-state index contributed by atoms with van der Waals surface area (Å²) in [4.78, 5) is 27.7. The van der Waals surface area contributed by atoms with E-state index in [-0.39, 0.29) is 26.2 Å². The minimum Gasteiger partial charge on any atom is -0.444 e. The molecule has 0 saturated carbocycles. The highest BCUT2D eigenvalue weighted by Crippen LogP contribution is 2.34. The van der Waals surface area contributed by atoms with Crippen molar-refractivity contribution < 1.29 is 28.5 Å². The predicted octanol–water partition coefficient (Wildman–Crippen LogP) is 5.58. The molecule has 0 unspecified atom stereocenters. The molecular formula is C31H41N3O6. The molecule has 1 aliphatic rings. The van der Waals surface area contributed by atoms with Crippen LogP contribution in [0.5, 0.6) is 0 Å². The Morgan fingerprint density at radius 3 is 1.73 bits per heavy atom. The molecule has 1 saturated heterocycles. The fourth-order valence-corrected chi connectivity index (χ4v) is 4.56. The molecule has 0 bridgehead atoms. The molecule has 1 aliphatic heterocycles. The van der Waals surface area contributed by atoms with Crippen LogP contribution in [0.2, 0.25) is 0 Å². The third-order valence-electron chi connectivity index (χ3n) is 6.13. The number of hydrogen-bond acceptors (Lipinski definition) is 7. The van der Waals surface area contributed by atoms with Gasteiger partial charge in [-0.25, -0.2) is 9.59 Å². The van der Waals surface area contributed by atoms with Gasteiger partial charge in [-0.05, 0) is 52.7 Å². The summed E-state index contributed by atoms with van der Waals surface area (Å²) in [6.07, 6.45) is -2.58. The highest BCUT2D eigenvalue weighted by Gasteiger charge is 2.53. The van der Waals surface area contributed by atoms with Crippen LogP contribution in [0.25, 0.3) is 0 Å². The van der Waals surface area contributed by atoms with Crippen molar-refractivity contribution in [1.82, 2.24) is 10.2 Å². The molecule has 0 aromatic heterocycles. The van der Waals surface area contributed by atoms with Gasteiger partial charge < -0.3 is 24.3 Å². The van der Waals surface area contributed by atoms with Crippen LogP contribution in [-0.2, 0) is 32.2 Å². The van der Waals surface area contributed by atoms with E-state index >= 15 is 0 Å². The van der Waals surface area contributed by atoms with E-state index in [1.165, 1.54) is 4.90 Å². The topological polar surface area (TPSA) is 110 Å². The molecular weight excluding hydrogens is 510 g/mol. The normalized spacial score (nSPS) is 21.0. The zero-order valence-electron chi connectivity index (χ0n) is 24.3. The first-order chi connectivity index (χ1) is 18.9. The number of hydrogen-bond donors (Lipinski definition) is 1. The van der Waals surface area contributed by atoms with Crippen LogP contribution < -0.4 is 5.32 Å². The van der Waals surface area contributed by atoms with E-state index in [1.54, 1.807) is 41.5 Å². The number of rotatable bonds is 9. The molecule has 0 spiro atoms. The molecule has 216 valence electrons. The second-order valence-corrected chi connectivity index (χ2v) is 11.8. The van der Waals surface area contributed by atoms with E-state index < -0.39 is 47.7 Å². The van der Waals surface area contributed by atoms with Crippen LogP contribution in [0.4, 0.5) is 9.59 Å². The summed E-state index contributed by atoms with van der Waals surface area (Å²) in [6, 6.07) is 20.1. The van der Waals surface area contributed by atoms with Crippen molar-refractivity contribution in [2.45, 2.75) is 96.7 Å². The first kappa shape index (κ1) is 30.9. The highest BCUT2D eigenvalue weighted by atomic mass is 16.6. The maximum absolute atomic E-state index is 13.6. The van der Waals surface area contributed by atoms with Crippen molar-refractivity contribution in [3.05, 3.63) is 71.8 Å². The van der Waals surface area contributed by atoms with Gasteiger partial charge in [-0.1, -0.05) is 60.7 Å². The molecule has 1 heterocycles. The minimum atomic E-state index is -0.777. The standard InChI is InChI=1S/C31H41N3O6/c1-30(2,3)39-28(35)33-19-25-27(38-21-23-15-11-8-12-16-23)26(37-20-22-13-9-7-10-14-22)24(17-18-32)34(25)29(36)40-31(4,5)6/h7-16,24-27H,17,19-21H2,1-6H3,(H,33,35)/t24-,25+,26+,27+/m0/s1. The highest BCUT2D eigenvalue weighted by molar-refractivity contribution is 5.71. The van der Waals surface area contributed by atoms with Crippen molar-refractivity contribution in [2.24, 2.45) is 0 Å². The zero-order valence-corrected chi connectivity index (χ0v) is 24.3. The Kier molecular flexibility index (Phi) is 10.5. The number of nitriles is 1. The largest absolute Gasteiger partial charge is 0.444 e. The van der Waals surface area contributed by atoms with Gasteiger partial charge in [0.2, 0.25) is 0 Å². The van der Waals surface area contributed by atoms with Gasteiger partial charge in [0, 0.05) is 6.54 Å². The summed E-state index contributed by atoms with van der Waals surface area (Å²) < 4.78 is 24.1. The Morgan fingerprint density at radius 1 is 0.800 bits per heavy atom. The van der Waals surface area contributed by atoms with Gasteiger partial charge in [-0.2, -0.15) is 5.26 Å². The SMILES string of the molecule is CC(C)(C)OC(=O)NC[C@@H]1[C@@H](OCc2ccccc2)[C@H](OCc2ccccc2)[C@H](CC#N)N1C(=O)OC(C)(C)C. The van der Waals surface area contributed by atoms with E-state index in [0.717, 1.165) is 11.1 Å². The summed E-state index contributed by atoms with van der Waals surface area (Å²) in [7, 11) is 0. The number of nitrogens with one attached hydrogen (secondary N) is 1. The second kappa shape index (κ2) is 13.6. The lowest BCUT2D eigenvalue weighted by Gasteiger charge is -2.33. The quantitative estimate of drug-likeness (QED) is 0.433. The molecule has 9 nitrogen and oxygen atoms in total. The fraction of sp³-hybridized carbons (Fsp3) is 0.516. The number of likely N-dealkylation sites (tertiary alicyclic amines) is 1. The summed E-state index contributed by atoms with van der Waals surface area (Å²) in [5.74, 6) is 0. The monoisotopic (exact) mass is 551 g/mol. The number of carbonyl (C=O) groups is 2. The summed E-state index contributed by atoms with van der Waals surface area (Å²) >= 11 is 0. The van der Waals surface area contributed by atoms with E-state index in [1.807, 2.05) is 60.7 Å². The Hall–Kier alpha value is -3.61. The molecule has 9 heteroatoms. The number of carbonyl (C=O) groups excluding carboxylic acids is 2. The number of nitrogens with zero attached hydrogens (tertiary/aromatic N) is 2. The zero-order chi connectivity index (χ0) is 29.3. The second-order valence-electron chi connectivity index (χ2n) is 11.8. The minimum absolute atomic E-state index is 0.00711. The molecule has 2 amide bonds. The van der Waals surface area contributed by atoms with Gasteiger partial charge >= 0.3 is 12.2 Å². The third kappa shape index (κ3) is 9.25. The van der Waals surface area contributed by atoms with Crippen molar-refractivity contribution in [2.75, 3.05) is 6.54 Å². The van der Waals surface area contributed by atoms with E-state index in [9.17, 15) is 14.9 Å². The van der Waals surface area contributed by atoms with E-state index in [0.29, 0.717) is 0 Å². The molecule has 3 rings (SSSR count). The van der Waals surface area contributed by atoms with Crippen molar-refractivity contribution in [3.63, 3.8) is 0 Å². The number of amides is 2. The summed E-state index contributed by atoms with van der Waals surface area (Å²) in [5, 5.41) is 12.6. The van der Waals surface area contributed by atoms with Crippen LogP contribution in [0, 0.1) is 11.3 Å². The van der Waals surface area contributed by atoms with Gasteiger partial charge in [0.05, 0.1) is 37.8 Å². The molecule has 40 heavy (non-hydrogen) atoms. The van der Waals surface area contributed by atoms with Crippen LogP contribution in [-0.4, -0.2) is 59.1 Å². The van der Waals surface area contributed by atoms with Crippen molar-refractivity contribution >= 4 is 12.2 Å². The molecule has 2 aromatic carbocycles. The summed E-state index contributed by atoms with van der Waals surface area (Å²) in [5.41, 5.74) is 0.411. The Bertz CT molecular complexity index is 1140. The Labute approximate surface area is 237 Å². The lowest BCUT2D eigenvalue weighted by molar-refractivity contribution is -0.0781. The predicted molar refractivity (Wildman–Crippen MR) is 150 cm³/mol. The Morgan fingerprint density at radius 2 is 1.27 bits per heavy atom. The fourth-order valence-electron chi connectivity index (χ4n) is 4.56. The van der Waals surface area contributed by atoms with Crippen LogP contribution in [0.15, 0.2) is 60.7 Å². The van der Waals surface area contributed by atoms with Gasteiger partial charge in [0.15, 0.2) is 0 Å². The van der Waals surface area contributed by atoms with Crippen LogP contribution in [0.3, 0.4) is 0 Å². The average molecular weight is 552 g/mol. The first-order valence-electron chi connectivity index (χ1n) is 13.5. The molecule has 2 aromatic rings. The average Bonchev–Trinajstić information content (AvgIpc) is 3.16. The molecule has 0 aliphatic carbocycles. The van der Waals surface area contributed by atoms with E-state index in [2.05, 4.69) is 11.4 Å². The summed E-state index contributed by atoms with van der Waals surface area (Å²) in [6.45, 7) is 11.2. The maximum atomic E-state index is 13.6. The van der Waals surface area contributed by atoms with E-state index in [4.69, 9.17) is 18.9 Å². The van der Waals surface area contributed by atoms with Gasteiger partial charge in [0.1, 0.15) is 23.4 Å². The smallest absolute Gasteiger partial charge is 0.411 e. The van der Waals surface area contributed by atoms with Crippen molar-refractivity contribution in [3.8, 4) is 6.07 Å². The van der Waals surface area contributed by atoms with Crippen LogP contribution >= 0.6 is 0 Å². The van der Waals surface area contributed by atoms with Crippen molar-refractivity contribution in [1.29, 1.82) is 5.26 Å². The maximum Gasteiger partial charge on any atom is 0.411 e. The lowest BCUT2D eigenvalue weighted by atomic mass is 10.0. The van der Waals surface area contributed by atoms with Crippen LogP contribution in [0.1, 0.15) is 59.1 Å². The number of ether oxygens (including phenoxy) is 4. The third-order valence-corrected chi connectivity index (χ3v) is 6.13. The van der Waals surface area contributed by atoms with Gasteiger partial charge in [0.25, 0.3) is 0 Å². The first-order valence-corrected chi connectivity index (χ1v) is 13.5. The Balaban J connectivity index is 1.97.